The van der Waals surface area contributed by atoms with E-state index in [1.807, 2.05) is 0 Å². The molecule has 1 heteroatoms. The molecule has 2 unspecified atom stereocenters. The van der Waals surface area contributed by atoms with Crippen molar-refractivity contribution < 1.29 is 5.48 Å². The van der Waals surface area contributed by atoms with Gasteiger partial charge in [-0.3, -0.25) is 0 Å². The van der Waals surface area contributed by atoms with Gasteiger partial charge in [-0.05, 0) is 30.6 Å². The van der Waals surface area contributed by atoms with Gasteiger partial charge in [-0.2, -0.15) is 0 Å². The van der Waals surface area contributed by atoms with Crippen LogP contribution in [-0.4, -0.2) is 5.48 Å². The van der Waals surface area contributed by atoms with Crippen molar-refractivity contribution in [2.45, 2.75) is 39.5 Å². The molecular weight excluding hydrogens is 148 g/mol. The third-order valence-electron chi connectivity index (χ3n) is 3.09. The van der Waals surface area contributed by atoms with Gasteiger partial charge >= 0.3 is 0 Å². The van der Waals surface area contributed by atoms with Gasteiger partial charge in [0.05, 0.1) is 0 Å². The van der Waals surface area contributed by atoms with E-state index in [1.54, 1.807) is 0 Å². The lowest BCUT2D eigenvalue weighted by Gasteiger charge is -2.31. The average molecular weight is 170 g/mol. The molecule has 3 atom stereocenters. The van der Waals surface area contributed by atoms with E-state index in [0.717, 1.165) is 17.8 Å². The summed E-state index contributed by atoms with van der Waals surface area (Å²) in [5.41, 5.74) is 0. The van der Waals surface area contributed by atoms with Crippen LogP contribution in [0.1, 0.15) is 39.5 Å². The third kappa shape index (κ3) is 2.98. The van der Waals surface area contributed by atoms with Crippen LogP contribution in [0.4, 0.5) is 0 Å². The van der Waals surface area contributed by atoms with Crippen LogP contribution in [0.5, 0.6) is 0 Å². The lowest BCUT2D eigenvalue weighted by atomic mass is 9.74. The first-order valence-electron chi connectivity index (χ1n) is 4.85. The van der Waals surface area contributed by atoms with Gasteiger partial charge in [0.1, 0.15) is 0 Å². The summed E-state index contributed by atoms with van der Waals surface area (Å²) >= 11 is 0. The number of hydrogen-bond acceptors (Lipinski definition) is 0. The van der Waals surface area contributed by atoms with Gasteiger partial charge < -0.3 is 5.48 Å². The van der Waals surface area contributed by atoms with E-state index in [1.165, 1.54) is 25.7 Å². The van der Waals surface area contributed by atoms with E-state index in [4.69, 9.17) is 0 Å². The van der Waals surface area contributed by atoms with Crippen LogP contribution in [0, 0.1) is 17.8 Å². The van der Waals surface area contributed by atoms with Gasteiger partial charge in [-0.15, -0.1) is 6.58 Å². The highest BCUT2D eigenvalue weighted by molar-refractivity contribution is 4.81. The van der Waals surface area contributed by atoms with E-state index in [9.17, 15) is 0 Å². The molecule has 0 heterocycles. The number of rotatable bonds is 2. The van der Waals surface area contributed by atoms with Crippen molar-refractivity contribution in [1.29, 1.82) is 0 Å². The Morgan fingerprint density at radius 3 is 2.58 bits per heavy atom. The molecular formula is C11H22O. The lowest BCUT2D eigenvalue weighted by molar-refractivity contribution is 0.205. The molecule has 1 rings (SSSR count). The van der Waals surface area contributed by atoms with Crippen molar-refractivity contribution in [3.63, 3.8) is 0 Å². The molecule has 2 N–H and O–H groups in total. The molecule has 1 aliphatic rings. The van der Waals surface area contributed by atoms with E-state index in [2.05, 4.69) is 26.5 Å². The molecule has 0 aliphatic heterocycles. The fourth-order valence-electron chi connectivity index (χ4n) is 2.19. The Balaban J connectivity index is 0.00000121. The summed E-state index contributed by atoms with van der Waals surface area (Å²) in [6, 6.07) is 0. The minimum Gasteiger partial charge on any atom is -0.412 e. The van der Waals surface area contributed by atoms with Crippen molar-refractivity contribution in [2.75, 3.05) is 0 Å². The van der Waals surface area contributed by atoms with Crippen molar-refractivity contribution >= 4 is 0 Å². The molecule has 1 fully saturated rings. The standard InChI is InChI=1S/C11H20.H2O/c1-4-5-11-8-9(2)6-7-10(11)3;/h4,9-11H,1,5-8H2,2-3H3;1H2/t9?,10-,11?;/m0./s1. The Kier molecular flexibility index (Phi) is 5.23. The van der Waals surface area contributed by atoms with Crippen LogP contribution in [0.3, 0.4) is 0 Å². The second-order valence-corrected chi connectivity index (χ2v) is 4.18. The Morgan fingerprint density at radius 2 is 2.00 bits per heavy atom. The first kappa shape index (κ1) is 11.7. The molecule has 1 aliphatic carbocycles. The molecule has 0 bridgehead atoms. The predicted molar refractivity (Wildman–Crippen MR) is 54.1 cm³/mol. The van der Waals surface area contributed by atoms with Gasteiger partial charge in [0.15, 0.2) is 0 Å². The Morgan fingerprint density at radius 1 is 1.33 bits per heavy atom. The smallest absolute Gasteiger partial charge is 0.0322 e. The summed E-state index contributed by atoms with van der Waals surface area (Å²) in [4.78, 5) is 0. The Bertz CT molecular complexity index is 131. The van der Waals surface area contributed by atoms with Gasteiger partial charge in [0.2, 0.25) is 0 Å². The van der Waals surface area contributed by atoms with Crippen LogP contribution < -0.4 is 0 Å². The molecule has 0 saturated heterocycles. The van der Waals surface area contributed by atoms with Crippen LogP contribution in [0.25, 0.3) is 0 Å². The number of hydrogen-bond donors (Lipinski definition) is 0. The molecule has 0 aromatic carbocycles. The summed E-state index contributed by atoms with van der Waals surface area (Å²) in [7, 11) is 0. The zero-order valence-corrected chi connectivity index (χ0v) is 8.34. The Hall–Kier alpha value is -0.300. The van der Waals surface area contributed by atoms with E-state index >= 15 is 0 Å². The molecule has 1 nitrogen and oxygen atoms in total. The first-order chi connectivity index (χ1) is 5.24. The molecule has 12 heavy (non-hydrogen) atoms. The fraction of sp³-hybridized carbons (Fsp3) is 0.818. The summed E-state index contributed by atoms with van der Waals surface area (Å²) < 4.78 is 0. The van der Waals surface area contributed by atoms with E-state index in [0.29, 0.717) is 0 Å². The zero-order chi connectivity index (χ0) is 8.27. The largest absolute Gasteiger partial charge is 0.412 e. The van der Waals surface area contributed by atoms with Gasteiger partial charge in [-0.1, -0.05) is 32.8 Å². The molecule has 0 aromatic heterocycles. The second-order valence-electron chi connectivity index (χ2n) is 4.18. The van der Waals surface area contributed by atoms with Gasteiger partial charge in [-0.25, -0.2) is 0 Å². The summed E-state index contributed by atoms with van der Waals surface area (Å²) in [6.07, 6.45) is 7.60. The molecule has 0 amide bonds. The molecule has 0 radical (unpaired) electrons. The lowest BCUT2D eigenvalue weighted by Crippen LogP contribution is -2.20. The second kappa shape index (κ2) is 5.36. The zero-order valence-electron chi connectivity index (χ0n) is 8.34. The summed E-state index contributed by atoms with van der Waals surface area (Å²) in [5, 5.41) is 0. The molecule has 72 valence electrons. The van der Waals surface area contributed by atoms with Crippen LogP contribution >= 0.6 is 0 Å². The highest BCUT2D eigenvalue weighted by atomic mass is 16.0. The average Bonchev–Trinajstić information content (AvgIpc) is 1.98. The van der Waals surface area contributed by atoms with Crippen LogP contribution in [0.2, 0.25) is 0 Å². The molecule has 0 spiro atoms. The maximum Gasteiger partial charge on any atom is -0.0322 e. The predicted octanol–water partition coefficient (Wildman–Crippen LogP) is 2.81. The monoisotopic (exact) mass is 170 g/mol. The third-order valence-corrected chi connectivity index (χ3v) is 3.09. The maximum atomic E-state index is 3.81. The SMILES string of the molecule is C=CCC1CC(C)CC[C@@H]1C.O. The minimum absolute atomic E-state index is 0. The first-order valence-corrected chi connectivity index (χ1v) is 4.85. The highest BCUT2D eigenvalue weighted by Gasteiger charge is 2.23. The normalized spacial score (nSPS) is 35.3. The van der Waals surface area contributed by atoms with Crippen molar-refractivity contribution in [3.8, 4) is 0 Å². The molecule has 1 saturated carbocycles. The quantitative estimate of drug-likeness (QED) is 0.571. The van der Waals surface area contributed by atoms with Gasteiger partial charge in [0.25, 0.3) is 0 Å². The van der Waals surface area contributed by atoms with Crippen LogP contribution in [-0.2, 0) is 0 Å². The van der Waals surface area contributed by atoms with Crippen LogP contribution in [0.15, 0.2) is 12.7 Å². The van der Waals surface area contributed by atoms with E-state index in [-0.39, 0.29) is 5.48 Å². The minimum atomic E-state index is 0. The van der Waals surface area contributed by atoms with Crippen molar-refractivity contribution in [1.82, 2.24) is 0 Å². The van der Waals surface area contributed by atoms with Gasteiger partial charge in [0, 0.05) is 0 Å². The molecule has 0 aromatic rings. The highest BCUT2D eigenvalue weighted by Crippen LogP contribution is 2.35. The van der Waals surface area contributed by atoms with E-state index < -0.39 is 0 Å². The topological polar surface area (TPSA) is 31.5 Å². The summed E-state index contributed by atoms with van der Waals surface area (Å²) in [6.45, 7) is 8.58. The van der Waals surface area contributed by atoms with Crippen molar-refractivity contribution in [2.24, 2.45) is 17.8 Å². The Labute approximate surface area is 76.2 Å². The van der Waals surface area contributed by atoms with Crippen molar-refractivity contribution in [3.05, 3.63) is 12.7 Å². The summed E-state index contributed by atoms with van der Waals surface area (Å²) in [5.74, 6) is 2.82. The maximum absolute atomic E-state index is 3.81. The fourth-order valence-corrected chi connectivity index (χ4v) is 2.19. The number of allylic oxidation sites excluding steroid dienone is 1.